The molecule has 0 radical (unpaired) electrons. The van der Waals surface area contributed by atoms with Crippen molar-refractivity contribution in [2.24, 2.45) is 0 Å². The zero-order valence-corrected chi connectivity index (χ0v) is 25.7. The molecule has 1 aliphatic rings. The molecular weight excluding hydrogens is 422 g/mol. The van der Waals surface area contributed by atoms with Crippen LogP contribution in [0.15, 0.2) is 0 Å². The van der Waals surface area contributed by atoms with Crippen LogP contribution in [0.5, 0.6) is 0 Å². The van der Waals surface area contributed by atoms with Crippen molar-refractivity contribution in [2.75, 3.05) is 37.0 Å². The Morgan fingerprint density at radius 2 is 0.562 bits per heavy atom. The van der Waals surface area contributed by atoms with Crippen LogP contribution in [0.3, 0.4) is 0 Å². The average Bonchev–Trinajstić information content (AvgIpc) is 2.84. The van der Waals surface area contributed by atoms with E-state index in [1.54, 1.807) is 62.7 Å². The zero-order chi connectivity index (χ0) is 23.7. The van der Waals surface area contributed by atoms with E-state index in [9.17, 15) is 0 Å². The van der Waals surface area contributed by atoms with E-state index in [2.05, 4.69) is 41.5 Å². The number of rotatable bonds is 20. The normalized spacial score (nSPS) is 21.1. The van der Waals surface area contributed by atoms with Crippen molar-refractivity contribution in [1.29, 1.82) is 0 Å². The van der Waals surface area contributed by atoms with Crippen LogP contribution < -0.4 is 0 Å². The van der Waals surface area contributed by atoms with Crippen LogP contribution in [0.2, 0.25) is 0 Å². The molecule has 0 atom stereocenters. The molecule has 0 heterocycles. The first-order valence-electron chi connectivity index (χ1n) is 15.6. The van der Waals surface area contributed by atoms with Gasteiger partial charge in [0.25, 0.3) is 0 Å². The van der Waals surface area contributed by atoms with Crippen LogP contribution in [-0.4, -0.2) is 48.3 Å². The van der Waals surface area contributed by atoms with Crippen LogP contribution in [0.25, 0.3) is 0 Å². The molecule has 1 aliphatic carbocycles. The average molecular weight is 489 g/mol. The predicted octanol–water partition coefficient (Wildman–Crippen LogP) is 10.6. The molecule has 0 N–H and O–H groups in total. The van der Waals surface area contributed by atoms with Crippen molar-refractivity contribution < 1.29 is 0 Å². The summed E-state index contributed by atoms with van der Waals surface area (Å²) in [6.07, 6.45) is 34.3. The first-order valence-corrected chi connectivity index (χ1v) is 21.0. The van der Waals surface area contributed by atoms with Crippen molar-refractivity contribution >= 4 is 14.5 Å². The molecule has 0 unspecified atom stereocenters. The number of unbranched alkanes of at least 4 members (excludes halogenated alkanes) is 6. The summed E-state index contributed by atoms with van der Waals surface area (Å²) in [7, 11) is -2.21. The van der Waals surface area contributed by atoms with E-state index < -0.39 is 14.5 Å². The molecule has 0 aliphatic heterocycles. The van der Waals surface area contributed by atoms with E-state index in [1.807, 2.05) is 0 Å². The molecule has 1 fully saturated rings. The topological polar surface area (TPSA) is 0 Å². The first kappa shape index (κ1) is 30.9. The Bertz CT molecular complexity index is 341. The van der Waals surface area contributed by atoms with Gasteiger partial charge < -0.3 is 0 Å². The minimum absolute atomic E-state index is 1.11. The first-order chi connectivity index (χ1) is 15.6. The summed E-state index contributed by atoms with van der Waals surface area (Å²) in [6.45, 7) is 14.6. The van der Waals surface area contributed by atoms with Gasteiger partial charge in [0.15, 0.2) is 0 Å². The van der Waals surface area contributed by atoms with E-state index in [0.717, 1.165) is 0 Å². The van der Waals surface area contributed by atoms with Crippen molar-refractivity contribution in [3.63, 3.8) is 0 Å². The Morgan fingerprint density at radius 3 is 0.719 bits per heavy atom. The molecule has 0 saturated heterocycles. The molecule has 0 aromatic carbocycles. The molecule has 1 saturated carbocycles. The summed E-state index contributed by atoms with van der Waals surface area (Å²) in [4.78, 5) is 0. The summed E-state index contributed by atoms with van der Waals surface area (Å²) in [6, 6.07) is 0. The Hall–Kier alpha value is 0.860. The van der Waals surface area contributed by atoms with Crippen molar-refractivity contribution in [1.82, 2.24) is 0 Å². The molecule has 1 rings (SSSR count). The summed E-state index contributed by atoms with van der Waals surface area (Å²) < 4.78 is 0. The van der Waals surface area contributed by atoms with Crippen molar-refractivity contribution in [2.45, 2.75) is 156 Å². The van der Waals surface area contributed by atoms with Gasteiger partial charge in [-0.05, 0) is 0 Å². The van der Waals surface area contributed by atoms with Crippen LogP contribution >= 0.6 is 14.5 Å². The SMILES string of the molecule is CCCC[PH](CCCC)(CCCC)C1CCC([PH](CCCC)(CCCC)CCCC)CC1. The van der Waals surface area contributed by atoms with Gasteiger partial charge in [-0.3, -0.25) is 0 Å². The fourth-order valence-corrected chi connectivity index (χ4v) is 20.9. The van der Waals surface area contributed by atoms with E-state index >= 15 is 0 Å². The second-order valence-corrected chi connectivity index (χ2v) is 22.0. The van der Waals surface area contributed by atoms with Crippen LogP contribution in [0.4, 0.5) is 0 Å². The minimum atomic E-state index is -1.11. The Balaban J connectivity index is 3.01. The second kappa shape index (κ2) is 18.2. The van der Waals surface area contributed by atoms with E-state index in [1.165, 1.54) is 88.4 Å². The molecule has 0 aromatic rings. The molecule has 2 heteroatoms. The third-order valence-electron chi connectivity index (χ3n) is 9.63. The third kappa shape index (κ3) is 9.85. The Kier molecular flexibility index (Phi) is 17.5. The van der Waals surface area contributed by atoms with E-state index in [4.69, 9.17) is 0 Å². The van der Waals surface area contributed by atoms with Gasteiger partial charge in [0.05, 0.1) is 0 Å². The van der Waals surface area contributed by atoms with Gasteiger partial charge in [0.1, 0.15) is 0 Å². The van der Waals surface area contributed by atoms with Gasteiger partial charge in [-0.2, -0.15) is 0 Å². The van der Waals surface area contributed by atoms with Gasteiger partial charge in [-0.1, -0.05) is 0 Å². The van der Waals surface area contributed by atoms with E-state index in [-0.39, 0.29) is 0 Å². The van der Waals surface area contributed by atoms with Gasteiger partial charge >= 0.3 is 207 Å². The van der Waals surface area contributed by atoms with Gasteiger partial charge in [0, 0.05) is 0 Å². The van der Waals surface area contributed by atoms with E-state index in [0.29, 0.717) is 0 Å². The predicted molar refractivity (Wildman–Crippen MR) is 161 cm³/mol. The standard InChI is InChI=1S/C30H66P2/c1-7-13-23-31(24-14-8-2,25-15-9-3)29-19-21-30(22-20-29)32(26-16-10-4,27-17-11-5)28-18-12-6/h29-32H,7-28H2,1-6H3. The Morgan fingerprint density at radius 1 is 0.375 bits per heavy atom. The molecule has 32 heavy (non-hydrogen) atoms. The maximum atomic E-state index is 2.44. The number of hydrogen-bond acceptors (Lipinski definition) is 0. The molecule has 0 spiro atoms. The summed E-state index contributed by atoms with van der Waals surface area (Å²) >= 11 is 0. The third-order valence-corrected chi connectivity index (χ3v) is 22.3. The Labute approximate surface area is 206 Å². The molecule has 0 amide bonds. The van der Waals surface area contributed by atoms with Gasteiger partial charge in [-0.15, -0.1) is 0 Å². The molecule has 0 aromatic heterocycles. The van der Waals surface area contributed by atoms with Crippen molar-refractivity contribution in [3.8, 4) is 0 Å². The van der Waals surface area contributed by atoms with Gasteiger partial charge in [0.2, 0.25) is 0 Å². The molecular formula is C30H66P2. The zero-order valence-electron chi connectivity index (χ0n) is 23.7. The fourth-order valence-electron chi connectivity index (χ4n) is 7.47. The maximum absolute atomic E-state index is 2.44. The summed E-state index contributed by atoms with van der Waals surface area (Å²) in [5.74, 6) is 0. The van der Waals surface area contributed by atoms with Gasteiger partial charge in [-0.25, -0.2) is 0 Å². The monoisotopic (exact) mass is 488 g/mol. The fraction of sp³-hybridized carbons (Fsp3) is 1.00. The quantitative estimate of drug-likeness (QED) is 0.149. The summed E-state index contributed by atoms with van der Waals surface area (Å²) in [5, 5.41) is 0. The second-order valence-electron chi connectivity index (χ2n) is 11.9. The molecule has 0 nitrogen and oxygen atoms in total. The van der Waals surface area contributed by atoms with Crippen LogP contribution in [0.1, 0.15) is 144 Å². The molecule has 0 bridgehead atoms. The summed E-state index contributed by atoms with van der Waals surface area (Å²) in [5.41, 5.74) is 2.36. The van der Waals surface area contributed by atoms with Crippen LogP contribution in [-0.2, 0) is 0 Å². The van der Waals surface area contributed by atoms with Crippen LogP contribution in [0, 0.1) is 0 Å². The molecule has 196 valence electrons. The number of hydrogen-bond donors (Lipinski definition) is 0. The van der Waals surface area contributed by atoms with Crippen molar-refractivity contribution in [3.05, 3.63) is 0 Å².